The van der Waals surface area contributed by atoms with Gasteiger partial charge in [0.05, 0.1) is 0 Å². The Morgan fingerprint density at radius 3 is 2.10 bits per heavy atom. The van der Waals surface area contributed by atoms with Crippen LogP contribution >= 0.6 is 0 Å². The molecule has 0 fully saturated rings. The predicted molar refractivity (Wildman–Crippen MR) is 45.0 cm³/mol. The molecule has 1 aromatic heterocycles. The zero-order chi connectivity index (χ0) is 7.82. The van der Waals surface area contributed by atoms with Crippen molar-refractivity contribution in [2.45, 2.75) is 13.8 Å². The van der Waals surface area contributed by atoms with Crippen molar-refractivity contribution in [2.24, 2.45) is 0 Å². The highest BCUT2D eigenvalue weighted by atomic mass is 15.1. The maximum Gasteiger partial charge on any atom is 0.222 e. The third-order valence-electron chi connectivity index (χ3n) is 0.789. The van der Waals surface area contributed by atoms with E-state index in [2.05, 4.69) is 15.3 Å². The standard InChI is InChI=1S/C5H7N3.C2H6.H2/c1-6-5-7-3-2-4-8-5;1-2;/h2-4H,1H3,(H,6,7,8);1-2H3;1H. The van der Waals surface area contributed by atoms with E-state index in [-0.39, 0.29) is 1.43 Å². The van der Waals surface area contributed by atoms with Crippen molar-refractivity contribution in [3.05, 3.63) is 18.5 Å². The van der Waals surface area contributed by atoms with Crippen LogP contribution in [-0.2, 0) is 0 Å². The molecule has 0 spiro atoms. The molecule has 10 heavy (non-hydrogen) atoms. The van der Waals surface area contributed by atoms with Gasteiger partial charge in [-0.3, -0.25) is 0 Å². The van der Waals surface area contributed by atoms with Crippen LogP contribution in [0.15, 0.2) is 18.5 Å². The number of nitrogens with zero attached hydrogens (tertiary/aromatic N) is 2. The number of hydrogen-bond donors (Lipinski definition) is 1. The minimum Gasteiger partial charge on any atom is -0.357 e. The molecule has 1 aromatic rings. The van der Waals surface area contributed by atoms with Crippen molar-refractivity contribution < 1.29 is 1.43 Å². The third kappa shape index (κ3) is 3.02. The lowest BCUT2D eigenvalue weighted by molar-refractivity contribution is 1.15. The molecule has 1 heterocycles. The zero-order valence-corrected chi connectivity index (χ0v) is 6.63. The predicted octanol–water partition coefficient (Wildman–Crippen LogP) is 1.79. The van der Waals surface area contributed by atoms with E-state index >= 15 is 0 Å². The molecule has 0 aliphatic carbocycles. The molecule has 58 valence electrons. The fourth-order valence-electron chi connectivity index (χ4n) is 0.428. The van der Waals surface area contributed by atoms with Gasteiger partial charge in [0.25, 0.3) is 0 Å². The number of anilines is 1. The number of hydrogen-bond acceptors (Lipinski definition) is 3. The normalized spacial score (nSPS) is 7.50. The van der Waals surface area contributed by atoms with Gasteiger partial charge in [0.15, 0.2) is 0 Å². The molecule has 0 bridgehead atoms. The molecule has 0 unspecified atom stereocenters. The molecule has 0 radical (unpaired) electrons. The smallest absolute Gasteiger partial charge is 0.222 e. The molecule has 0 aromatic carbocycles. The summed E-state index contributed by atoms with van der Waals surface area (Å²) < 4.78 is 0. The first-order valence-corrected chi connectivity index (χ1v) is 3.38. The van der Waals surface area contributed by atoms with E-state index in [1.165, 1.54) is 0 Å². The van der Waals surface area contributed by atoms with Crippen LogP contribution in [-0.4, -0.2) is 17.0 Å². The third-order valence-corrected chi connectivity index (χ3v) is 0.789. The van der Waals surface area contributed by atoms with Crippen LogP contribution in [0.1, 0.15) is 15.3 Å². The van der Waals surface area contributed by atoms with E-state index < -0.39 is 0 Å². The van der Waals surface area contributed by atoms with Crippen LogP contribution < -0.4 is 5.32 Å². The zero-order valence-electron chi connectivity index (χ0n) is 6.63. The van der Waals surface area contributed by atoms with Gasteiger partial charge < -0.3 is 5.32 Å². The van der Waals surface area contributed by atoms with E-state index in [0.29, 0.717) is 5.95 Å². The second-order valence-electron chi connectivity index (χ2n) is 1.32. The van der Waals surface area contributed by atoms with Crippen LogP contribution in [0.2, 0.25) is 0 Å². The van der Waals surface area contributed by atoms with Crippen molar-refractivity contribution in [1.29, 1.82) is 0 Å². The topological polar surface area (TPSA) is 37.8 Å². The van der Waals surface area contributed by atoms with Crippen molar-refractivity contribution >= 4 is 5.95 Å². The average molecular weight is 141 g/mol. The SMILES string of the molecule is CC.CNc1ncccn1.[HH]. The highest BCUT2D eigenvalue weighted by Crippen LogP contribution is 1.88. The molecular formula is C7H15N3. The van der Waals surface area contributed by atoms with Crippen LogP contribution in [0.25, 0.3) is 0 Å². The van der Waals surface area contributed by atoms with Gasteiger partial charge in [-0.1, -0.05) is 13.8 Å². The number of rotatable bonds is 1. The van der Waals surface area contributed by atoms with Crippen LogP contribution in [0, 0.1) is 0 Å². The summed E-state index contributed by atoms with van der Waals surface area (Å²) in [6.07, 6.45) is 3.39. The minimum atomic E-state index is 0. The monoisotopic (exact) mass is 141 g/mol. The lowest BCUT2D eigenvalue weighted by Gasteiger charge is -1.91. The molecule has 0 saturated carbocycles. The van der Waals surface area contributed by atoms with Gasteiger partial charge in [-0.15, -0.1) is 0 Å². The van der Waals surface area contributed by atoms with Gasteiger partial charge in [-0.25, -0.2) is 9.97 Å². The number of nitrogens with one attached hydrogen (secondary N) is 1. The molecule has 1 rings (SSSR count). The van der Waals surface area contributed by atoms with Crippen LogP contribution in [0.4, 0.5) is 5.95 Å². The second kappa shape index (κ2) is 6.01. The van der Waals surface area contributed by atoms with Crippen molar-refractivity contribution in [3.63, 3.8) is 0 Å². The van der Waals surface area contributed by atoms with Gasteiger partial charge in [0.1, 0.15) is 0 Å². The van der Waals surface area contributed by atoms with E-state index in [0.717, 1.165) is 0 Å². The Morgan fingerprint density at radius 2 is 1.80 bits per heavy atom. The molecule has 3 heteroatoms. The number of aromatic nitrogens is 2. The Hall–Kier alpha value is -1.12. The van der Waals surface area contributed by atoms with E-state index in [9.17, 15) is 0 Å². The summed E-state index contributed by atoms with van der Waals surface area (Å²) in [7, 11) is 1.79. The molecular weight excluding hydrogens is 126 g/mol. The molecule has 0 amide bonds. The maximum atomic E-state index is 3.88. The summed E-state index contributed by atoms with van der Waals surface area (Å²) in [5.41, 5.74) is 0. The maximum absolute atomic E-state index is 3.88. The Balaban J connectivity index is 0. The molecule has 0 aliphatic heterocycles. The summed E-state index contributed by atoms with van der Waals surface area (Å²) in [6.45, 7) is 4.00. The van der Waals surface area contributed by atoms with Gasteiger partial charge in [-0.05, 0) is 6.07 Å². The fourth-order valence-corrected chi connectivity index (χ4v) is 0.428. The van der Waals surface area contributed by atoms with Crippen molar-refractivity contribution in [1.82, 2.24) is 9.97 Å². The Morgan fingerprint density at radius 1 is 1.30 bits per heavy atom. The van der Waals surface area contributed by atoms with Crippen molar-refractivity contribution in [2.75, 3.05) is 12.4 Å². The minimum absolute atomic E-state index is 0. The molecule has 3 nitrogen and oxygen atoms in total. The molecule has 0 saturated heterocycles. The lowest BCUT2D eigenvalue weighted by atomic mass is 10.7. The highest BCUT2D eigenvalue weighted by molar-refractivity contribution is 5.19. The Bertz CT molecular complexity index is 155. The summed E-state index contributed by atoms with van der Waals surface area (Å²) >= 11 is 0. The van der Waals surface area contributed by atoms with Crippen molar-refractivity contribution in [3.8, 4) is 0 Å². The first-order chi connectivity index (χ1) is 4.93. The first kappa shape index (κ1) is 8.88. The molecule has 0 aliphatic rings. The van der Waals surface area contributed by atoms with E-state index in [1.54, 1.807) is 25.5 Å². The fraction of sp³-hybridized carbons (Fsp3) is 0.429. The second-order valence-corrected chi connectivity index (χ2v) is 1.32. The van der Waals surface area contributed by atoms with Gasteiger partial charge in [0, 0.05) is 20.9 Å². The summed E-state index contributed by atoms with van der Waals surface area (Å²) in [5, 5.41) is 2.80. The summed E-state index contributed by atoms with van der Waals surface area (Å²) in [5.74, 6) is 0.660. The molecule has 0 atom stereocenters. The quantitative estimate of drug-likeness (QED) is 0.648. The Labute approximate surface area is 63.0 Å². The first-order valence-electron chi connectivity index (χ1n) is 3.38. The van der Waals surface area contributed by atoms with E-state index in [1.807, 2.05) is 13.8 Å². The lowest BCUT2D eigenvalue weighted by Crippen LogP contribution is -1.92. The average Bonchev–Trinajstić information content (AvgIpc) is 2.10. The van der Waals surface area contributed by atoms with Gasteiger partial charge in [-0.2, -0.15) is 0 Å². The van der Waals surface area contributed by atoms with Gasteiger partial charge >= 0.3 is 0 Å². The van der Waals surface area contributed by atoms with Gasteiger partial charge in [0.2, 0.25) is 5.95 Å². The highest BCUT2D eigenvalue weighted by Gasteiger charge is 1.81. The largest absolute Gasteiger partial charge is 0.357 e. The molecule has 1 N–H and O–H groups in total. The Kier molecular flexibility index (Phi) is 5.33. The summed E-state index contributed by atoms with van der Waals surface area (Å²) in [6, 6.07) is 1.78. The van der Waals surface area contributed by atoms with E-state index in [4.69, 9.17) is 0 Å². The van der Waals surface area contributed by atoms with Crippen LogP contribution in [0.3, 0.4) is 0 Å². The van der Waals surface area contributed by atoms with Crippen LogP contribution in [0.5, 0.6) is 0 Å². The summed E-state index contributed by atoms with van der Waals surface area (Å²) in [4.78, 5) is 7.75.